The molecule has 2 aliphatic rings. The number of hydrogen-bond donors (Lipinski definition) is 2. The molecule has 2 fully saturated rings. The second-order valence-electron chi connectivity index (χ2n) is 9.71. The summed E-state index contributed by atoms with van der Waals surface area (Å²) in [5.74, 6) is 2.90. The number of unbranched alkanes of at least 4 members (excludes halogenated alkanes) is 1. The molecule has 7 nitrogen and oxygen atoms in total. The van der Waals surface area contributed by atoms with Crippen LogP contribution in [0.15, 0.2) is 70.5 Å². The van der Waals surface area contributed by atoms with Gasteiger partial charge in [-0.15, -0.1) is 12.3 Å². The third-order valence-corrected chi connectivity index (χ3v) is 6.53. The highest BCUT2D eigenvalue weighted by Crippen LogP contribution is 2.33. The fraction of sp³-hybridized carbons (Fsp3) is 0.406. The van der Waals surface area contributed by atoms with E-state index in [0.29, 0.717) is 17.7 Å². The van der Waals surface area contributed by atoms with E-state index >= 15 is 0 Å². The summed E-state index contributed by atoms with van der Waals surface area (Å²) in [6.07, 6.45) is 11.2. The molecule has 0 saturated carbocycles. The molecule has 1 amide bonds. The zero-order valence-corrected chi connectivity index (χ0v) is 24.3. The molecule has 2 atom stereocenters. The molecule has 2 heterocycles. The first-order valence-electron chi connectivity index (χ1n) is 13.2. The van der Waals surface area contributed by atoms with Crippen LogP contribution in [-0.4, -0.2) is 66.1 Å². The van der Waals surface area contributed by atoms with Gasteiger partial charge in [-0.25, -0.2) is 10.5 Å². The third kappa shape index (κ3) is 10.2. The number of likely N-dealkylation sites (N-methyl/N-ethyl adjacent to an activating group) is 1. The van der Waals surface area contributed by atoms with Gasteiger partial charge in [0, 0.05) is 37.8 Å². The number of benzene rings is 2. The van der Waals surface area contributed by atoms with Crippen LogP contribution in [0.4, 0.5) is 0 Å². The van der Waals surface area contributed by atoms with Crippen molar-refractivity contribution in [2.45, 2.75) is 66.0 Å². The van der Waals surface area contributed by atoms with Gasteiger partial charge in [-0.2, -0.15) is 0 Å². The summed E-state index contributed by atoms with van der Waals surface area (Å²) in [6, 6.07) is 16.0. The lowest BCUT2D eigenvalue weighted by atomic mass is 10.1. The molecule has 210 valence electrons. The van der Waals surface area contributed by atoms with E-state index in [4.69, 9.17) is 16.4 Å². The van der Waals surface area contributed by atoms with Crippen LogP contribution in [0.1, 0.15) is 52.5 Å². The van der Waals surface area contributed by atoms with Crippen molar-refractivity contribution in [3.8, 4) is 12.3 Å². The van der Waals surface area contributed by atoms with Crippen molar-refractivity contribution in [2.24, 2.45) is 4.99 Å². The first-order valence-corrected chi connectivity index (χ1v) is 13.2. The molecule has 2 saturated heterocycles. The number of terminal acetylenes is 1. The molecule has 2 N–H and O–H groups in total. The van der Waals surface area contributed by atoms with E-state index in [1.54, 1.807) is 18.5 Å². The fourth-order valence-corrected chi connectivity index (χ4v) is 4.53. The Morgan fingerprint density at radius 2 is 1.85 bits per heavy atom. The molecular formula is C32H44N4O3. The SMILES string of the molecule is C#CCCC.C/C=C(\C=N/C(=C(C)C)N1C[C@@H]2C[C@H]1CN2C)C(=O)NO.C=O.Cc1ccc2ccccc2c1. The molecule has 2 aliphatic heterocycles. The van der Waals surface area contributed by atoms with Crippen molar-refractivity contribution >= 4 is 29.7 Å². The highest BCUT2D eigenvalue weighted by atomic mass is 16.5. The lowest BCUT2D eigenvalue weighted by Crippen LogP contribution is -2.43. The monoisotopic (exact) mass is 532 g/mol. The maximum Gasteiger partial charge on any atom is 0.275 e. The van der Waals surface area contributed by atoms with Crippen molar-refractivity contribution < 1.29 is 14.8 Å². The number of nitrogens with one attached hydrogen (secondary N) is 1. The number of hydrogen-bond acceptors (Lipinski definition) is 6. The summed E-state index contributed by atoms with van der Waals surface area (Å²) in [7, 11) is 2.16. The molecule has 0 radical (unpaired) electrons. The maximum atomic E-state index is 11.5. The van der Waals surface area contributed by atoms with Gasteiger partial charge in [-0.3, -0.25) is 14.9 Å². The minimum atomic E-state index is -0.544. The number of rotatable bonds is 5. The number of piperazine rings is 1. The smallest absolute Gasteiger partial charge is 0.275 e. The molecule has 2 aromatic carbocycles. The van der Waals surface area contributed by atoms with Crippen molar-refractivity contribution in [2.75, 3.05) is 20.1 Å². The molecule has 2 aromatic rings. The van der Waals surface area contributed by atoms with Gasteiger partial charge in [0.1, 0.15) is 12.6 Å². The van der Waals surface area contributed by atoms with E-state index in [2.05, 4.69) is 84.1 Å². The molecule has 7 heteroatoms. The summed E-state index contributed by atoms with van der Waals surface area (Å²) in [4.78, 5) is 28.7. The van der Waals surface area contributed by atoms with E-state index in [1.165, 1.54) is 29.0 Å². The van der Waals surface area contributed by atoms with Crippen LogP contribution in [0, 0.1) is 19.3 Å². The average Bonchev–Trinajstić information content (AvgIpc) is 3.52. The van der Waals surface area contributed by atoms with E-state index in [9.17, 15) is 4.79 Å². The van der Waals surface area contributed by atoms with E-state index in [-0.39, 0.29) is 0 Å². The van der Waals surface area contributed by atoms with Crippen LogP contribution in [0.5, 0.6) is 0 Å². The summed E-state index contributed by atoms with van der Waals surface area (Å²) in [5, 5.41) is 11.4. The van der Waals surface area contributed by atoms with Crippen LogP contribution < -0.4 is 5.48 Å². The number of aliphatic imine (C=N–C) groups is 1. The zero-order chi connectivity index (χ0) is 29.4. The lowest BCUT2D eigenvalue weighted by molar-refractivity contribution is -0.124. The number of fused-ring (bicyclic) bond motifs is 3. The topological polar surface area (TPSA) is 85.2 Å². The van der Waals surface area contributed by atoms with Gasteiger partial charge < -0.3 is 9.69 Å². The molecule has 0 spiro atoms. The predicted octanol–water partition coefficient (Wildman–Crippen LogP) is 5.53. The zero-order valence-electron chi connectivity index (χ0n) is 24.3. The van der Waals surface area contributed by atoms with Crippen LogP contribution in [0.3, 0.4) is 0 Å². The first kappa shape index (κ1) is 33.3. The Morgan fingerprint density at radius 1 is 1.18 bits per heavy atom. The minimum absolute atomic E-state index is 0.345. The molecular weight excluding hydrogens is 488 g/mol. The summed E-state index contributed by atoms with van der Waals surface area (Å²) >= 11 is 0. The number of allylic oxidation sites excluding steroid dienone is 2. The number of carbonyl (C=O) groups is 2. The Morgan fingerprint density at radius 3 is 2.31 bits per heavy atom. The van der Waals surface area contributed by atoms with Crippen molar-refractivity contribution in [3.63, 3.8) is 0 Å². The number of nitrogens with zero attached hydrogens (tertiary/aromatic N) is 3. The largest absolute Gasteiger partial charge is 0.351 e. The van der Waals surface area contributed by atoms with Gasteiger partial charge in [0.25, 0.3) is 5.91 Å². The van der Waals surface area contributed by atoms with Gasteiger partial charge in [0.15, 0.2) is 0 Å². The summed E-state index contributed by atoms with van der Waals surface area (Å²) in [5.41, 5.74) is 4.43. The molecule has 0 unspecified atom stereocenters. The Bertz CT molecular complexity index is 1190. The van der Waals surface area contributed by atoms with Gasteiger partial charge >= 0.3 is 0 Å². The number of amides is 1. The van der Waals surface area contributed by atoms with Crippen LogP contribution in [0.2, 0.25) is 0 Å². The molecule has 0 aliphatic carbocycles. The van der Waals surface area contributed by atoms with Crippen LogP contribution in [0.25, 0.3) is 10.8 Å². The predicted molar refractivity (Wildman–Crippen MR) is 162 cm³/mol. The highest BCUT2D eigenvalue weighted by molar-refractivity contribution is 6.11. The third-order valence-electron chi connectivity index (χ3n) is 6.53. The normalized spacial score (nSPS) is 17.7. The molecule has 2 bridgehead atoms. The minimum Gasteiger partial charge on any atom is -0.351 e. The van der Waals surface area contributed by atoms with Crippen molar-refractivity contribution in [3.05, 3.63) is 71.1 Å². The molecule has 0 aromatic heterocycles. The molecule has 39 heavy (non-hydrogen) atoms. The number of aryl methyl sites for hydroxylation is 1. The Kier molecular flexibility index (Phi) is 15.1. The summed E-state index contributed by atoms with van der Waals surface area (Å²) < 4.78 is 0. The van der Waals surface area contributed by atoms with Crippen molar-refractivity contribution in [1.29, 1.82) is 0 Å². The Hall–Kier alpha value is -3.73. The highest BCUT2D eigenvalue weighted by Gasteiger charge is 2.42. The van der Waals surface area contributed by atoms with Gasteiger partial charge in [0.05, 0.1) is 5.57 Å². The lowest BCUT2D eigenvalue weighted by Gasteiger charge is -2.34. The molecule has 4 rings (SSSR count). The first-order chi connectivity index (χ1) is 18.7. The Labute approximate surface area is 234 Å². The standard InChI is InChI=1S/C15H24N4O2.C11H10.C5H8.CH2O/c1-5-11(15(20)17-21)7-16-14(10(2)3)19-9-12-6-13(19)8-18(12)4;1-9-6-7-10-4-2-3-5-11(10)8-9;1-3-5-4-2;1-2/h5,7,12-13,21H,6,8-9H2,1-4H3,(H,17,20);2-8H,1H3;1H,4-5H2,2H3;1H2/b11-5+,16-7-;;;/t12-,13-;;;/m0.../s1. The average molecular weight is 533 g/mol. The number of likely N-dealkylation sites (tertiary alicyclic amines) is 2. The van der Waals surface area contributed by atoms with Crippen molar-refractivity contribution in [1.82, 2.24) is 15.3 Å². The van der Waals surface area contributed by atoms with E-state index in [1.807, 2.05) is 20.6 Å². The maximum absolute atomic E-state index is 11.5. The van der Waals surface area contributed by atoms with Crippen LogP contribution >= 0.6 is 0 Å². The number of carbonyl (C=O) groups excluding carboxylic acids is 2. The quantitative estimate of drug-likeness (QED) is 0.174. The fourth-order valence-electron chi connectivity index (χ4n) is 4.53. The van der Waals surface area contributed by atoms with Gasteiger partial charge in [-0.1, -0.05) is 61.0 Å². The second kappa shape index (κ2) is 17.7. The second-order valence-corrected chi connectivity index (χ2v) is 9.71. The summed E-state index contributed by atoms with van der Waals surface area (Å²) in [6.45, 7) is 14.0. The van der Waals surface area contributed by atoms with E-state index < -0.39 is 5.91 Å². The Balaban J connectivity index is 0.000000350. The van der Waals surface area contributed by atoms with Gasteiger partial charge in [-0.05, 0) is 63.9 Å². The number of hydroxylamine groups is 1. The van der Waals surface area contributed by atoms with Crippen LogP contribution in [-0.2, 0) is 9.59 Å². The van der Waals surface area contributed by atoms with E-state index in [0.717, 1.165) is 37.3 Å². The van der Waals surface area contributed by atoms with Gasteiger partial charge in [0.2, 0.25) is 0 Å².